The van der Waals surface area contributed by atoms with E-state index in [2.05, 4.69) is 54.1 Å². The zero-order valence-electron chi connectivity index (χ0n) is 18.8. The predicted octanol–water partition coefficient (Wildman–Crippen LogP) is 6.42. The molecule has 4 rings (SSSR count). The summed E-state index contributed by atoms with van der Waals surface area (Å²) in [4.78, 5) is 14.6. The molecule has 0 aliphatic heterocycles. The lowest BCUT2D eigenvalue weighted by molar-refractivity contribution is -0.137. The van der Waals surface area contributed by atoms with Crippen LogP contribution in [0.5, 0.6) is 5.75 Å². The average Bonchev–Trinajstić information content (AvgIpc) is 3.30. The zero-order chi connectivity index (χ0) is 23.2. The zero-order valence-corrected chi connectivity index (χ0v) is 18.8. The first kappa shape index (κ1) is 22.2. The highest BCUT2D eigenvalue weighted by Crippen LogP contribution is 2.32. The Hall–Kier alpha value is -3.97. The molecule has 1 aromatic heterocycles. The van der Waals surface area contributed by atoms with Crippen molar-refractivity contribution in [3.05, 3.63) is 101 Å². The summed E-state index contributed by atoms with van der Waals surface area (Å²) in [5.41, 5.74) is 5.51. The van der Waals surface area contributed by atoms with Gasteiger partial charge in [-0.25, -0.2) is 0 Å². The number of rotatable bonds is 8. The molecule has 4 nitrogen and oxygen atoms in total. The number of carboxylic acids is 1. The van der Waals surface area contributed by atoms with E-state index in [4.69, 9.17) is 4.74 Å². The third kappa shape index (κ3) is 5.27. The Labute approximate surface area is 194 Å². The topological polar surface area (TPSA) is 62.3 Å². The molecule has 4 aromatic rings. The number of ether oxygens (including phenoxy) is 1. The first-order valence-corrected chi connectivity index (χ1v) is 11.1. The van der Waals surface area contributed by atoms with Crippen LogP contribution in [0.4, 0.5) is 0 Å². The van der Waals surface area contributed by atoms with Gasteiger partial charge in [-0.3, -0.25) is 4.79 Å². The van der Waals surface area contributed by atoms with Crippen LogP contribution in [-0.4, -0.2) is 16.1 Å². The minimum atomic E-state index is -0.860. The van der Waals surface area contributed by atoms with Crippen LogP contribution in [-0.2, 0) is 11.2 Å². The molecule has 0 aliphatic carbocycles. The quantitative estimate of drug-likeness (QED) is 0.313. The standard InChI is InChI=1S/C29H27NO3/c1-3-7-24(19-28(31)32)22-10-13-25(14-11-22)33-27(18-21-8-5-4-6-9-21)26-15-12-23-16-17-30-29(23)20(26)2/h4-6,8-17,24,27,30H,18-19H2,1-2H3,(H,31,32). The van der Waals surface area contributed by atoms with E-state index in [1.165, 1.54) is 16.5 Å². The van der Waals surface area contributed by atoms with Gasteiger partial charge >= 0.3 is 5.97 Å². The average molecular weight is 438 g/mol. The van der Waals surface area contributed by atoms with Crippen LogP contribution in [0.15, 0.2) is 79.0 Å². The molecule has 3 aromatic carbocycles. The van der Waals surface area contributed by atoms with Gasteiger partial charge in [-0.2, -0.15) is 0 Å². The van der Waals surface area contributed by atoms with Gasteiger partial charge in [0.2, 0.25) is 0 Å². The van der Waals surface area contributed by atoms with E-state index in [1.54, 1.807) is 6.92 Å². The van der Waals surface area contributed by atoms with E-state index in [-0.39, 0.29) is 18.4 Å². The van der Waals surface area contributed by atoms with Crippen LogP contribution < -0.4 is 4.74 Å². The fraction of sp³-hybridized carbons (Fsp3) is 0.207. The summed E-state index contributed by atoms with van der Waals surface area (Å²) < 4.78 is 6.52. The minimum Gasteiger partial charge on any atom is -0.485 e. The van der Waals surface area contributed by atoms with Gasteiger partial charge in [0.05, 0.1) is 12.3 Å². The maximum atomic E-state index is 11.2. The van der Waals surface area contributed by atoms with Gasteiger partial charge < -0.3 is 14.8 Å². The van der Waals surface area contributed by atoms with Crippen molar-refractivity contribution in [2.45, 2.75) is 38.7 Å². The summed E-state index contributed by atoms with van der Waals surface area (Å²) in [6, 6.07) is 24.3. The van der Waals surface area contributed by atoms with Gasteiger partial charge in [0, 0.05) is 18.1 Å². The molecular weight excluding hydrogens is 410 g/mol. The van der Waals surface area contributed by atoms with Crippen molar-refractivity contribution in [3.63, 3.8) is 0 Å². The second kappa shape index (κ2) is 10.1. The van der Waals surface area contributed by atoms with E-state index in [0.29, 0.717) is 0 Å². The second-order valence-corrected chi connectivity index (χ2v) is 8.13. The molecule has 0 aliphatic rings. The summed E-state index contributed by atoms with van der Waals surface area (Å²) in [6.07, 6.45) is 2.50. The summed E-state index contributed by atoms with van der Waals surface area (Å²) in [7, 11) is 0. The predicted molar refractivity (Wildman–Crippen MR) is 131 cm³/mol. The summed E-state index contributed by atoms with van der Waals surface area (Å²) in [5, 5.41) is 10.4. The van der Waals surface area contributed by atoms with E-state index in [9.17, 15) is 9.90 Å². The molecule has 2 atom stereocenters. The number of carbonyl (C=O) groups is 1. The van der Waals surface area contributed by atoms with Crippen molar-refractivity contribution < 1.29 is 14.6 Å². The number of H-pyrrole nitrogens is 1. The molecule has 0 bridgehead atoms. The molecule has 0 radical (unpaired) electrons. The van der Waals surface area contributed by atoms with Crippen molar-refractivity contribution >= 4 is 16.9 Å². The molecular formula is C29H27NO3. The number of hydrogen-bond donors (Lipinski definition) is 2. The highest BCUT2D eigenvalue weighted by Gasteiger charge is 2.19. The third-order valence-corrected chi connectivity index (χ3v) is 5.90. The van der Waals surface area contributed by atoms with Crippen molar-refractivity contribution in [2.75, 3.05) is 0 Å². The number of aryl methyl sites for hydroxylation is 1. The van der Waals surface area contributed by atoms with Crippen molar-refractivity contribution in [1.82, 2.24) is 4.98 Å². The molecule has 2 unspecified atom stereocenters. The lowest BCUT2D eigenvalue weighted by atomic mass is 9.95. The first-order chi connectivity index (χ1) is 16.0. The molecule has 0 spiro atoms. The number of hydrogen-bond acceptors (Lipinski definition) is 2. The van der Waals surface area contributed by atoms with Crippen LogP contribution in [0.1, 0.15) is 47.6 Å². The number of benzene rings is 3. The number of aromatic amines is 1. The summed E-state index contributed by atoms with van der Waals surface area (Å²) >= 11 is 0. The number of carboxylic acid groups (broad SMARTS) is 1. The molecule has 0 fully saturated rings. The number of aliphatic carboxylic acids is 1. The Morgan fingerprint density at radius 2 is 1.79 bits per heavy atom. The van der Waals surface area contributed by atoms with Gasteiger partial charge in [0.1, 0.15) is 11.9 Å². The monoisotopic (exact) mass is 437 g/mol. The molecule has 166 valence electrons. The Morgan fingerprint density at radius 3 is 2.48 bits per heavy atom. The molecule has 1 heterocycles. The van der Waals surface area contributed by atoms with Gasteiger partial charge in [0.15, 0.2) is 0 Å². The highest BCUT2D eigenvalue weighted by molar-refractivity contribution is 5.83. The van der Waals surface area contributed by atoms with Crippen LogP contribution in [0.3, 0.4) is 0 Å². The lowest BCUT2D eigenvalue weighted by Gasteiger charge is -2.22. The Bertz CT molecular complexity index is 1290. The first-order valence-electron chi connectivity index (χ1n) is 11.1. The highest BCUT2D eigenvalue weighted by atomic mass is 16.5. The minimum absolute atomic E-state index is 0.0208. The van der Waals surface area contributed by atoms with Crippen LogP contribution in [0, 0.1) is 18.8 Å². The van der Waals surface area contributed by atoms with Crippen molar-refractivity contribution in [1.29, 1.82) is 0 Å². The maximum Gasteiger partial charge on any atom is 0.304 e. The van der Waals surface area contributed by atoms with E-state index < -0.39 is 5.97 Å². The van der Waals surface area contributed by atoms with Crippen LogP contribution in [0.25, 0.3) is 10.9 Å². The Balaban J connectivity index is 1.64. The lowest BCUT2D eigenvalue weighted by Crippen LogP contribution is -2.13. The number of fused-ring (bicyclic) bond motifs is 1. The smallest absolute Gasteiger partial charge is 0.304 e. The van der Waals surface area contributed by atoms with Crippen molar-refractivity contribution in [2.24, 2.45) is 0 Å². The molecule has 33 heavy (non-hydrogen) atoms. The van der Waals surface area contributed by atoms with Gasteiger partial charge in [-0.05, 0) is 59.7 Å². The summed E-state index contributed by atoms with van der Waals surface area (Å²) in [5.74, 6) is 5.38. The Morgan fingerprint density at radius 1 is 1.03 bits per heavy atom. The van der Waals surface area contributed by atoms with E-state index in [1.807, 2.05) is 48.7 Å². The van der Waals surface area contributed by atoms with Gasteiger partial charge in [0.25, 0.3) is 0 Å². The molecule has 4 heteroatoms. The largest absolute Gasteiger partial charge is 0.485 e. The maximum absolute atomic E-state index is 11.2. The number of nitrogens with one attached hydrogen (secondary N) is 1. The third-order valence-electron chi connectivity index (χ3n) is 5.90. The fourth-order valence-corrected chi connectivity index (χ4v) is 4.23. The van der Waals surface area contributed by atoms with Gasteiger partial charge in [-0.15, -0.1) is 5.92 Å². The normalized spacial score (nSPS) is 12.5. The fourth-order valence-electron chi connectivity index (χ4n) is 4.23. The molecule has 0 saturated heterocycles. The SMILES string of the molecule is CC#CC(CC(=O)O)c1ccc(OC(Cc2ccccc2)c2ccc3cc[nH]c3c2C)cc1. The molecule has 2 N–H and O–H groups in total. The van der Waals surface area contributed by atoms with Crippen LogP contribution in [0.2, 0.25) is 0 Å². The Kier molecular flexibility index (Phi) is 6.80. The van der Waals surface area contributed by atoms with E-state index in [0.717, 1.165) is 28.8 Å². The van der Waals surface area contributed by atoms with Gasteiger partial charge in [-0.1, -0.05) is 60.5 Å². The van der Waals surface area contributed by atoms with E-state index >= 15 is 0 Å². The van der Waals surface area contributed by atoms with Crippen LogP contribution >= 0.6 is 0 Å². The number of aromatic nitrogens is 1. The summed E-state index contributed by atoms with van der Waals surface area (Å²) in [6.45, 7) is 3.85. The van der Waals surface area contributed by atoms with Crippen molar-refractivity contribution in [3.8, 4) is 17.6 Å². The molecule has 0 amide bonds. The molecule has 0 saturated carbocycles. The second-order valence-electron chi connectivity index (χ2n) is 8.13.